The summed E-state index contributed by atoms with van der Waals surface area (Å²) in [6.07, 6.45) is -1.87. The highest BCUT2D eigenvalue weighted by molar-refractivity contribution is 7.99. The van der Waals surface area contributed by atoms with Crippen molar-refractivity contribution in [2.24, 2.45) is 0 Å². The van der Waals surface area contributed by atoms with Crippen LogP contribution in [0.1, 0.15) is 40.5 Å². The zero-order valence-corrected chi connectivity index (χ0v) is 14.9. The molecule has 3 heterocycles. The van der Waals surface area contributed by atoms with Crippen LogP contribution < -0.4 is 0 Å². The maximum absolute atomic E-state index is 12.8. The molecule has 2 fully saturated rings. The van der Waals surface area contributed by atoms with Gasteiger partial charge in [0.2, 0.25) is 0 Å². The van der Waals surface area contributed by atoms with E-state index in [0.717, 1.165) is 23.7 Å². The molecule has 2 aliphatic rings. The Bertz CT molecular complexity index is 657. The van der Waals surface area contributed by atoms with Gasteiger partial charge in [-0.2, -0.15) is 8.78 Å². The summed E-state index contributed by atoms with van der Waals surface area (Å²) in [6, 6.07) is 3.65. The fourth-order valence-corrected chi connectivity index (χ4v) is 4.27. The summed E-state index contributed by atoms with van der Waals surface area (Å²) in [5, 5.41) is 0. The molecule has 2 aliphatic heterocycles. The van der Waals surface area contributed by atoms with Crippen molar-refractivity contribution in [3.8, 4) is 0 Å². The molecule has 0 aliphatic carbocycles. The van der Waals surface area contributed by atoms with Gasteiger partial charge in [0.1, 0.15) is 0 Å². The lowest BCUT2D eigenvalue weighted by molar-refractivity contribution is -0.143. The minimum Gasteiger partial charge on any atom is -0.338 e. The summed E-state index contributed by atoms with van der Waals surface area (Å²) in [7, 11) is 0. The van der Waals surface area contributed by atoms with Crippen LogP contribution in [0.15, 0.2) is 12.1 Å². The number of alkyl halides is 2. The number of aryl methyl sites for hydroxylation is 1. The Labute approximate surface area is 149 Å². The van der Waals surface area contributed by atoms with Crippen molar-refractivity contribution >= 4 is 23.6 Å². The molecule has 0 spiro atoms. The first-order valence-corrected chi connectivity index (χ1v) is 9.54. The largest absolute Gasteiger partial charge is 0.338 e. The Morgan fingerprint density at radius 3 is 2.52 bits per heavy atom. The predicted octanol–water partition coefficient (Wildman–Crippen LogP) is 2.51. The lowest BCUT2D eigenvalue weighted by Gasteiger charge is -2.32. The van der Waals surface area contributed by atoms with Crippen LogP contribution in [0.2, 0.25) is 0 Å². The van der Waals surface area contributed by atoms with Crippen molar-refractivity contribution < 1.29 is 18.4 Å². The molecule has 0 saturated carbocycles. The number of carbonyl (C=O) groups excluding carboxylic acids is 2. The van der Waals surface area contributed by atoms with E-state index in [9.17, 15) is 18.4 Å². The Kier molecular flexibility index (Phi) is 5.56. The van der Waals surface area contributed by atoms with Gasteiger partial charge in [0.25, 0.3) is 11.8 Å². The summed E-state index contributed by atoms with van der Waals surface area (Å²) in [5.74, 6) is 0.512. The highest BCUT2D eigenvalue weighted by Crippen LogP contribution is 2.31. The maximum atomic E-state index is 12.8. The van der Waals surface area contributed by atoms with Gasteiger partial charge in [-0.1, -0.05) is 0 Å². The van der Waals surface area contributed by atoms with Crippen molar-refractivity contribution in [3.63, 3.8) is 0 Å². The van der Waals surface area contributed by atoms with Crippen LogP contribution in [0.5, 0.6) is 0 Å². The average molecular weight is 369 g/mol. The zero-order chi connectivity index (χ0) is 18.0. The van der Waals surface area contributed by atoms with Crippen molar-refractivity contribution in [3.05, 3.63) is 29.1 Å². The van der Waals surface area contributed by atoms with E-state index >= 15 is 0 Å². The number of nitrogens with zero attached hydrogens (tertiary/aromatic N) is 3. The minimum atomic E-state index is -2.96. The van der Waals surface area contributed by atoms with Gasteiger partial charge in [-0.3, -0.25) is 14.6 Å². The molecule has 0 aromatic carbocycles. The number of hydrogen-bond acceptors (Lipinski definition) is 4. The molecule has 3 rings (SSSR count). The van der Waals surface area contributed by atoms with Crippen molar-refractivity contribution in [1.82, 2.24) is 14.8 Å². The van der Waals surface area contributed by atoms with Gasteiger partial charge in [0.15, 0.2) is 0 Å². The number of carbonyl (C=O) groups is 2. The second-order valence-corrected chi connectivity index (χ2v) is 7.47. The molecule has 5 nitrogen and oxygen atoms in total. The van der Waals surface area contributed by atoms with Crippen molar-refractivity contribution in [2.45, 2.75) is 32.1 Å². The number of hydrogen-bond donors (Lipinski definition) is 0. The molecule has 0 bridgehead atoms. The third-order valence-corrected chi connectivity index (χ3v) is 5.68. The van der Waals surface area contributed by atoms with Crippen LogP contribution in [-0.4, -0.2) is 64.3 Å². The Hall–Kier alpha value is -1.70. The van der Waals surface area contributed by atoms with E-state index in [4.69, 9.17) is 0 Å². The van der Waals surface area contributed by atoms with E-state index in [1.54, 1.807) is 11.8 Å². The number of piperidine rings is 1. The van der Waals surface area contributed by atoms with Crippen LogP contribution in [0, 0.1) is 6.92 Å². The second-order valence-electron chi connectivity index (χ2n) is 6.39. The lowest BCUT2D eigenvalue weighted by Crippen LogP contribution is -2.41. The predicted molar refractivity (Wildman–Crippen MR) is 91.9 cm³/mol. The van der Waals surface area contributed by atoms with E-state index < -0.39 is 12.3 Å². The Morgan fingerprint density at radius 1 is 1.20 bits per heavy atom. The Morgan fingerprint density at radius 2 is 1.92 bits per heavy atom. The van der Waals surface area contributed by atoms with Gasteiger partial charge >= 0.3 is 6.43 Å². The maximum Gasteiger partial charge on any atom is 0.315 e. The topological polar surface area (TPSA) is 53.5 Å². The number of rotatable bonds is 3. The number of halogens is 2. The molecule has 0 atom stereocenters. The highest BCUT2D eigenvalue weighted by atomic mass is 32.2. The van der Waals surface area contributed by atoms with Crippen molar-refractivity contribution in [2.75, 3.05) is 31.3 Å². The molecule has 25 heavy (non-hydrogen) atoms. The molecule has 0 N–H and O–H groups in total. The number of amides is 2. The minimum absolute atomic E-state index is 0.0100. The smallest absolute Gasteiger partial charge is 0.315 e. The number of thioether (sulfide) groups is 1. The number of aromatic nitrogens is 1. The third-order valence-electron chi connectivity index (χ3n) is 4.71. The first kappa shape index (κ1) is 18.1. The number of likely N-dealkylation sites (tertiary alicyclic amines) is 1. The van der Waals surface area contributed by atoms with Crippen LogP contribution in [0.25, 0.3) is 0 Å². The average Bonchev–Trinajstić information content (AvgIpc) is 3.15. The van der Waals surface area contributed by atoms with Gasteiger partial charge in [0, 0.05) is 37.0 Å². The van der Waals surface area contributed by atoms with Crippen LogP contribution in [-0.2, 0) is 4.79 Å². The molecule has 0 radical (unpaired) electrons. The normalized spacial score (nSPS) is 18.9. The summed E-state index contributed by atoms with van der Waals surface area (Å²) >= 11 is 1.73. The highest BCUT2D eigenvalue weighted by Gasteiger charge is 2.32. The molecule has 2 amide bonds. The summed E-state index contributed by atoms with van der Waals surface area (Å²) in [5.41, 5.74) is 2.17. The SMILES string of the molecule is Cc1ccc(C(=O)N2CCSC2)c(C2CCN(C(=O)C(F)F)CC2)n1. The zero-order valence-electron chi connectivity index (χ0n) is 14.1. The molecular weight excluding hydrogens is 348 g/mol. The van der Waals surface area contributed by atoms with Gasteiger partial charge in [-0.15, -0.1) is 11.8 Å². The van der Waals surface area contributed by atoms with E-state index in [0.29, 0.717) is 24.3 Å². The molecule has 0 unspecified atom stereocenters. The van der Waals surface area contributed by atoms with Gasteiger partial charge in [-0.25, -0.2) is 0 Å². The fourth-order valence-electron chi connectivity index (χ4n) is 3.32. The number of pyridine rings is 1. The van der Waals surface area contributed by atoms with Gasteiger partial charge < -0.3 is 9.80 Å². The van der Waals surface area contributed by atoms with Crippen LogP contribution >= 0.6 is 11.8 Å². The first-order valence-electron chi connectivity index (χ1n) is 8.39. The molecule has 8 heteroatoms. The lowest BCUT2D eigenvalue weighted by atomic mass is 9.89. The molecule has 2 saturated heterocycles. The summed E-state index contributed by atoms with van der Waals surface area (Å²) in [6.45, 7) is 3.16. The van der Waals surface area contributed by atoms with E-state index in [2.05, 4.69) is 4.98 Å². The quantitative estimate of drug-likeness (QED) is 0.822. The van der Waals surface area contributed by atoms with E-state index in [1.165, 1.54) is 4.90 Å². The second kappa shape index (κ2) is 7.68. The van der Waals surface area contributed by atoms with Crippen molar-refractivity contribution in [1.29, 1.82) is 0 Å². The molecule has 1 aromatic rings. The Balaban J connectivity index is 1.77. The summed E-state index contributed by atoms with van der Waals surface area (Å²) < 4.78 is 25.1. The molecule has 136 valence electrons. The fraction of sp³-hybridized carbons (Fsp3) is 0.588. The van der Waals surface area contributed by atoms with E-state index in [1.807, 2.05) is 24.0 Å². The third kappa shape index (κ3) is 3.94. The standard InChI is InChI=1S/C17H21F2N3O2S/c1-11-2-3-13(16(23)22-8-9-25-10-22)14(20-11)12-4-6-21(7-5-12)17(24)15(18)19/h2-3,12,15H,4-10H2,1H3. The van der Waals surface area contributed by atoms with E-state index in [-0.39, 0.29) is 24.9 Å². The summed E-state index contributed by atoms with van der Waals surface area (Å²) in [4.78, 5) is 31.8. The van der Waals surface area contributed by atoms with Crippen LogP contribution in [0.4, 0.5) is 8.78 Å². The van der Waals surface area contributed by atoms with Gasteiger partial charge in [-0.05, 0) is 31.9 Å². The first-order chi connectivity index (χ1) is 12.0. The van der Waals surface area contributed by atoms with Gasteiger partial charge in [0.05, 0.1) is 17.1 Å². The molecule has 1 aromatic heterocycles. The molecular formula is C17H21F2N3O2S. The van der Waals surface area contributed by atoms with Crippen LogP contribution in [0.3, 0.4) is 0 Å². The monoisotopic (exact) mass is 369 g/mol.